The highest BCUT2D eigenvalue weighted by Crippen LogP contribution is 2.22. The smallest absolute Gasteiger partial charge is 0.215 e. The van der Waals surface area contributed by atoms with Gasteiger partial charge in [-0.05, 0) is 45.4 Å². The van der Waals surface area contributed by atoms with Gasteiger partial charge in [-0.2, -0.15) is 5.10 Å². The maximum atomic E-state index is 5.85. The van der Waals surface area contributed by atoms with Gasteiger partial charge in [0.25, 0.3) is 0 Å². The first-order valence-corrected chi connectivity index (χ1v) is 12.8. The zero-order chi connectivity index (χ0) is 25.3. The minimum Gasteiger partial charge on any atom is -0.479 e. The van der Waals surface area contributed by atoms with Crippen molar-refractivity contribution in [1.29, 1.82) is 0 Å². The van der Waals surface area contributed by atoms with Gasteiger partial charge in [0.05, 0.1) is 12.3 Å². The number of likely N-dealkylation sites (N-methyl/N-ethyl adjacent to an activating group) is 1. The molecule has 1 aromatic heterocycles. The molecule has 0 amide bonds. The molecule has 1 heterocycles. The summed E-state index contributed by atoms with van der Waals surface area (Å²) in [7, 11) is 1.91. The molecule has 0 aliphatic rings. The highest BCUT2D eigenvalue weighted by atomic mass is 16.5. The first kappa shape index (κ1) is 32.9. The van der Waals surface area contributed by atoms with Crippen LogP contribution in [-0.4, -0.2) is 51.1 Å². The summed E-state index contributed by atoms with van der Waals surface area (Å²) in [5.74, 6) is 1.34. The summed E-state index contributed by atoms with van der Waals surface area (Å²) in [6.07, 6.45) is 7.49. The molecule has 2 N–H and O–H groups in total. The molecule has 0 saturated heterocycles. The molecule has 0 saturated carbocycles. The average Bonchev–Trinajstić information content (AvgIpc) is 2.84. The summed E-state index contributed by atoms with van der Waals surface area (Å²) in [6.45, 7) is 20.4. The van der Waals surface area contributed by atoms with Crippen LogP contribution in [0.5, 0.6) is 5.88 Å². The van der Waals surface area contributed by atoms with Crippen molar-refractivity contribution in [3.8, 4) is 5.88 Å². The minimum atomic E-state index is 0.586. The molecule has 1 rings (SSSR count). The number of nitrogens with zero attached hydrogens (tertiary/aromatic N) is 3. The summed E-state index contributed by atoms with van der Waals surface area (Å²) in [5.41, 5.74) is 5.04. The van der Waals surface area contributed by atoms with E-state index in [1.807, 2.05) is 60.0 Å². The van der Waals surface area contributed by atoms with Crippen LogP contribution in [0.4, 0.5) is 5.69 Å². The van der Waals surface area contributed by atoms with Crippen LogP contribution in [0.15, 0.2) is 29.2 Å². The fraction of sp³-hybridized carbons (Fsp3) is 0.692. The fourth-order valence-corrected chi connectivity index (χ4v) is 2.80. The normalized spacial score (nSPS) is 10.6. The molecule has 192 valence electrons. The number of hydrogen-bond acceptors (Lipinski definition) is 7. The van der Waals surface area contributed by atoms with Crippen LogP contribution in [0.3, 0.4) is 0 Å². The van der Waals surface area contributed by atoms with E-state index >= 15 is 0 Å². The first-order valence-electron chi connectivity index (χ1n) is 12.8. The molecule has 0 bridgehead atoms. The highest BCUT2D eigenvalue weighted by molar-refractivity contribution is 5.62. The van der Waals surface area contributed by atoms with E-state index in [9.17, 15) is 0 Å². The van der Waals surface area contributed by atoms with Crippen molar-refractivity contribution in [2.24, 2.45) is 5.10 Å². The molecule has 7 heteroatoms. The Labute approximate surface area is 204 Å². The highest BCUT2D eigenvalue weighted by Gasteiger charge is 2.10. The van der Waals surface area contributed by atoms with Crippen molar-refractivity contribution in [3.63, 3.8) is 0 Å². The third kappa shape index (κ3) is 16.1. The van der Waals surface area contributed by atoms with Crippen LogP contribution in [0, 0.1) is 0 Å². The predicted molar refractivity (Wildman–Crippen MR) is 144 cm³/mol. The number of hydrazone groups is 1. The molecule has 0 aromatic carbocycles. The number of nitrogens with one attached hydrogen (secondary N) is 2. The largest absolute Gasteiger partial charge is 0.479 e. The van der Waals surface area contributed by atoms with Crippen molar-refractivity contribution < 1.29 is 9.47 Å². The average molecular weight is 466 g/mol. The molecule has 0 unspecified atom stereocenters. The lowest BCUT2D eigenvalue weighted by molar-refractivity contribution is 0.206. The lowest BCUT2D eigenvalue weighted by Crippen LogP contribution is -2.25. The van der Waals surface area contributed by atoms with Crippen LogP contribution in [-0.2, 0) is 11.2 Å². The second-order valence-corrected chi connectivity index (χ2v) is 6.63. The Morgan fingerprint density at radius 1 is 1.06 bits per heavy atom. The van der Waals surface area contributed by atoms with E-state index in [2.05, 4.69) is 52.6 Å². The molecule has 0 aliphatic heterocycles. The second-order valence-electron chi connectivity index (χ2n) is 6.63. The molecule has 7 nitrogen and oxygen atoms in total. The molecule has 0 radical (unpaired) electrons. The minimum absolute atomic E-state index is 0.586. The number of rotatable bonds is 16. The SMILES string of the molecule is CC.CC.CC/C=C(/N/N=C/Cc1cc(N(CCC)CCC)cc(OCCNC)n1)OCC. The Hall–Kier alpha value is -2.28. The van der Waals surface area contributed by atoms with Gasteiger partial charge in [0.2, 0.25) is 11.8 Å². The number of hydrogen-bond donors (Lipinski definition) is 2. The molecule has 33 heavy (non-hydrogen) atoms. The lowest BCUT2D eigenvalue weighted by atomic mass is 10.2. The summed E-state index contributed by atoms with van der Waals surface area (Å²) in [5, 5.41) is 7.38. The van der Waals surface area contributed by atoms with E-state index in [1.54, 1.807) is 0 Å². The molecule has 1 aromatic rings. The molecular formula is C26H51N5O2. The zero-order valence-electron chi connectivity index (χ0n) is 22.8. The van der Waals surface area contributed by atoms with E-state index in [0.29, 0.717) is 31.4 Å². The number of anilines is 1. The van der Waals surface area contributed by atoms with Crippen LogP contribution >= 0.6 is 0 Å². The summed E-state index contributed by atoms with van der Waals surface area (Å²) < 4.78 is 11.4. The van der Waals surface area contributed by atoms with Gasteiger partial charge in [-0.25, -0.2) is 10.4 Å². The Kier molecular flexibility index (Phi) is 24.3. The van der Waals surface area contributed by atoms with Gasteiger partial charge < -0.3 is 19.7 Å². The Bertz CT molecular complexity index is 615. The number of pyridine rings is 1. The standard InChI is InChI=1S/C22H39N5O2.2C2H6/c1-6-10-21(28-9-4)26-24-12-11-19-17-20(27(14-7-2)15-8-3)18-22(25-19)29-16-13-23-5;2*1-2/h10,12,17-18,23,26H,6-9,11,13-16H2,1-5H3;2*1-2H3/b21-10-,24-12+;;. The summed E-state index contributed by atoms with van der Waals surface area (Å²) in [6, 6.07) is 4.17. The molecular weight excluding hydrogens is 414 g/mol. The molecule has 0 spiro atoms. The molecule has 0 aliphatic carbocycles. The second kappa shape index (κ2) is 24.4. The third-order valence-corrected chi connectivity index (χ3v) is 4.05. The fourth-order valence-electron chi connectivity index (χ4n) is 2.80. The lowest BCUT2D eigenvalue weighted by Gasteiger charge is -2.24. The Morgan fingerprint density at radius 3 is 2.27 bits per heavy atom. The van der Waals surface area contributed by atoms with Crippen molar-refractivity contribution in [2.75, 3.05) is 44.8 Å². The van der Waals surface area contributed by atoms with Gasteiger partial charge >= 0.3 is 0 Å². The first-order chi connectivity index (χ1) is 16.2. The topological polar surface area (TPSA) is 71.0 Å². The van der Waals surface area contributed by atoms with E-state index in [0.717, 1.165) is 50.3 Å². The summed E-state index contributed by atoms with van der Waals surface area (Å²) in [4.78, 5) is 7.05. The maximum absolute atomic E-state index is 5.85. The van der Waals surface area contributed by atoms with Crippen LogP contribution in [0.2, 0.25) is 0 Å². The van der Waals surface area contributed by atoms with Crippen LogP contribution in [0.25, 0.3) is 0 Å². The van der Waals surface area contributed by atoms with Crippen molar-refractivity contribution >= 4 is 11.9 Å². The third-order valence-electron chi connectivity index (χ3n) is 4.05. The molecule has 0 atom stereocenters. The maximum Gasteiger partial charge on any atom is 0.215 e. The van der Waals surface area contributed by atoms with Crippen molar-refractivity contribution in [3.05, 3.63) is 29.8 Å². The van der Waals surface area contributed by atoms with E-state index in [4.69, 9.17) is 9.47 Å². The van der Waals surface area contributed by atoms with Crippen molar-refractivity contribution in [1.82, 2.24) is 15.7 Å². The van der Waals surface area contributed by atoms with E-state index < -0.39 is 0 Å². The Morgan fingerprint density at radius 2 is 1.73 bits per heavy atom. The monoisotopic (exact) mass is 465 g/mol. The van der Waals surface area contributed by atoms with Gasteiger partial charge in [0.1, 0.15) is 6.61 Å². The van der Waals surface area contributed by atoms with Crippen LogP contribution in [0.1, 0.15) is 80.3 Å². The van der Waals surface area contributed by atoms with Gasteiger partial charge in [-0.15, -0.1) is 0 Å². The predicted octanol–water partition coefficient (Wildman–Crippen LogP) is 5.76. The van der Waals surface area contributed by atoms with Gasteiger partial charge in [0.15, 0.2) is 0 Å². The summed E-state index contributed by atoms with van der Waals surface area (Å²) >= 11 is 0. The van der Waals surface area contributed by atoms with E-state index in [-0.39, 0.29) is 0 Å². The quantitative estimate of drug-likeness (QED) is 0.140. The number of aromatic nitrogens is 1. The number of ether oxygens (including phenoxy) is 2. The Balaban J connectivity index is 0. The van der Waals surface area contributed by atoms with Gasteiger partial charge in [-0.1, -0.05) is 48.5 Å². The number of allylic oxidation sites excluding steroid dienone is 1. The van der Waals surface area contributed by atoms with Gasteiger partial charge in [-0.3, -0.25) is 0 Å². The zero-order valence-corrected chi connectivity index (χ0v) is 22.8. The van der Waals surface area contributed by atoms with Crippen molar-refractivity contribution in [2.45, 2.75) is 81.1 Å². The molecule has 0 fully saturated rings. The van der Waals surface area contributed by atoms with Crippen LogP contribution < -0.4 is 20.4 Å². The van der Waals surface area contributed by atoms with Gasteiger partial charge in [0, 0.05) is 44.0 Å². The van der Waals surface area contributed by atoms with E-state index in [1.165, 1.54) is 0 Å².